The van der Waals surface area contributed by atoms with Gasteiger partial charge >= 0.3 is 12.0 Å². The monoisotopic (exact) mass is 287 g/mol. The summed E-state index contributed by atoms with van der Waals surface area (Å²) in [6.07, 6.45) is 0.748. The van der Waals surface area contributed by atoms with Crippen molar-refractivity contribution in [1.29, 1.82) is 0 Å². The molecule has 3 amide bonds. The Balaban J connectivity index is 4.03. The van der Waals surface area contributed by atoms with Crippen molar-refractivity contribution in [3.8, 4) is 0 Å². The van der Waals surface area contributed by atoms with Gasteiger partial charge in [0.2, 0.25) is 5.91 Å². The highest BCUT2D eigenvalue weighted by Crippen LogP contribution is 2.14. The predicted molar refractivity (Wildman–Crippen MR) is 75.3 cm³/mol. The summed E-state index contributed by atoms with van der Waals surface area (Å²) in [5, 5.41) is 16.4. The van der Waals surface area contributed by atoms with Gasteiger partial charge in [-0.25, -0.2) is 4.79 Å². The zero-order valence-electron chi connectivity index (χ0n) is 12.4. The Morgan fingerprint density at radius 1 is 1.10 bits per heavy atom. The minimum Gasteiger partial charge on any atom is -0.481 e. The fraction of sp³-hybridized carbons (Fsp3) is 0.769. The maximum Gasteiger partial charge on any atom is 0.315 e. The molecule has 0 fully saturated rings. The number of rotatable bonds is 9. The number of amides is 3. The molecular weight excluding hydrogens is 262 g/mol. The molecule has 116 valence electrons. The van der Waals surface area contributed by atoms with Crippen molar-refractivity contribution in [2.75, 3.05) is 19.6 Å². The molecule has 0 aliphatic heterocycles. The molecule has 0 radical (unpaired) electrons. The molecule has 0 aromatic carbocycles. The van der Waals surface area contributed by atoms with E-state index in [4.69, 9.17) is 5.11 Å². The second kappa shape index (κ2) is 10.1. The number of carbonyl (C=O) groups is 3. The van der Waals surface area contributed by atoms with Gasteiger partial charge in [0.25, 0.3) is 0 Å². The summed E-state index contributed by atoms with van der Waals surface area (Å²) >= 11 is 0. The summed E-state index contributed by atoms with van der Waals surface area (Å²) in [7, 11) is 0. The van der Waals surface area contributed by atoms with Crippen LogP contribution in [-0.2, 0) is 9.59 Å². The third-order valence-electron chi connectivity index (χ3n) is 2.60. The lowest BCUT2D eigenvalue weighted by atomic mass is 9.94. The first-order chi connectivity index (χ1) is 9.35. The number of nitrogens with one attached hydrogen (secondary N) is 3. The van der Waals surface area contributed by atoms with Crippen LogP contribution in [0.15, 0.2) is 0 Å². The minimum atomic E-state index is -0.875. The van der Waals surface area contributed by atoms with E-state index in [9.17, 15) is 14.4 Å². The maximum atomic E-state index is 11.5. The second-order valence-corrected chi connectivity index (χ2v) is 5.11. The van der Waals surface area contributed by atoms with Crippen LogP contribution in [0.25, 0.3) is 0 Å². The van der Waals surface area contributed by atoms with Gasteiger partial charge in [0.1, 0.15) is 0 Å². The fourth-order valence-electron chi connectivity index (χ4n) is 1.87. The quantitative estimate of drug-likeness (QED) is 0.497. The van der Waals surface area contributed by atoms with E-state index in [2.05, 4.69) is 16.0 Å². The molecule has 0 bridgehead atoms. The number of carbonyl (C=O) groups excluding carboxylic acids is 2. The summed E-state index contributed by atoms with van der Waals surface area (Å²) < 4.78 is 0. The molecule has 20 heavy (non-hydrogen) atoms. The van der Waals surface area contributed by atoms with Gasteiger partial charge < -0.3 is 21.1 Å². The van der Waals surface area contributed by atoms with Crippen molar-refractivity contribution < 1.29 is 19.5 Å². The number of likely N-dealkylation sites (N-methyl/N-ethyl adjacent to an activating group) is 1. The summed E-state index contributed by atoms with van der Waals surface area (Å²) in [6, 6.07) is -0.463. The third kappa shape index (κ3) is 10.2. The largest absolute Gasteiger partial charge is 0.481 e. The highest BCUT2D eigenvalue weighted by atomic mass is 16.4. The molecule has 0 saturated heterocycles. The number of carboxylic acids is 1. The van der Waals surface area contributed by atoms with Crippen LogP contribution in [0.2, 0.25) is 0 Å². The van der Waals surface area contributed by atoms with E-state index < -0.39 is 12.0 Å². The zero-order valence-corrected chi connectivity index (χ0v) is 12.4. The van der Waals surface area contributed by atoms with E-state index in [1.165, 1.54) is 0 Å². The predicted octanol–water partition coefficient (Wildman–Crippen LogP) is 0.559. The van der Waals surface area contributed by atoms with Gasteiger partial charge in [0, 0.05) is 19.5 Å². The van der Waals surface area contributed by atoms with Gasteiger partial charge in [-0.3, -0.25) is 9.59 Å². The Bertz CT molecular complexity index is 332. The zero-order chi connectivity index (χ0) is 15.5. The Labute approximate surface area is 119 Å². The Kier molecular flexibility index (Phi) is 9.15. The molecule has 0 aliphatic rings. The first-order valence-corrected chi connectivity index (χ1v) is 6.85. The second-order valence-electron chi connectivity index (χ2n) is 5.11. The van der Waals surface area contributed by atoms with E-state index in [1.807, 2.05) is 13.8 Å². The number of urea groups is 1. The highest BCUT2D eigenvalue weighted by Gasteiger charge is 2.16. The molecule has 0 saturated carbocycles. The van der Waals surface area contributed by atoms with Crippen LogP contribution in [0.1, 0.15) is 33.6 Å². The summed E-state index contributed by atoms with van der Waals surface area (Å²) in [6.45, 7) is 6.50. The Morgan fingerprint density at radius 2 is 1.75 bits per heavy atom. The van der Waals surface area contributed by atoms with Gasteiger partial charge in [-0.1, -0.05) is 13.8 Å². The highest BCUT2D eigenvalue weighted by molar-refractivity contribution is 5.83. The summed E-state index contributed by atoms with van der Waals surface area (Å²) in [5.74, 6) is -0.880. The SMILES string of the molecule is CCNC(=O)CNC(=O)NC[C@H](CC(=O)O)CC(C)C. The smallest absolute Gasteiger partial charge is 0.315 e. The van der Waals surface area contributed by atoms with Crippen molar-refractivity contribution in [2.45, 2.75) is 33.6 Å². The van der Waals surface area contributed by atoms with Crippen LogP contribution >= 0.6 is 0 Å². The molecule has 0 rings (SSSR count). The van der Waals surface area contributed by atoms with Crippen LogP contribution in [0.4, 0.5) is 4.79 Å². The first kappa shape index (κ1) is 18.2. The number of hydrogen-bond donors (Lipinski definition) is 4. The molecule has 0 spiro atoms. The van der Waals surface area contributed by atoms with Gasteiger partial charge in [-0.15, -0.1) is 0 Å². The van der Waals surface area contributed by atoms with E-state index in [0.717, 1.165) is 6.42 Å². The van der Waals surface area contributed by atoms with Crippen molar-refractivity contribution >= 4 is 17.9 Å². The summed E-state index contributed by atoms with van der Waals surface area (Å²) in [5.41, 5.74) is 0. The molecule has 0 aromatic heterocycles. The van der Waals surface area contributed by atoms with E-state index in [-0.39, 0.29) is 31.3 Å². The van der Waals surface area contributed by atoms with Crippen LogP contribution in [-0.4, -0.2) is 42.6 Å². The van der Waals surface area contributed by atoms with Gasteiger partial charge in [0.05, 0.1) is 6.54 Å². The van der Waals surface area contributed by atoms with Crippen molar-refractivity contribution in [3.63, 3.8) is 0 Å². The average Bonchev–Trinajstić information content (AvgIpc) is 2.32. The van der Waals surface area contributed by atoms with Gasteiger partial charge in [-0.2, -0.15) is 0 Å². The Morgan fingerprint density at radius 3 is 2.25 bits per heavy atom. The molecule has 7 heteroatoms. The van der Waals surface area contributed by atoms with Crippen LogP contribution in [0, 0.1) is 11.8 Å². The molecule has 0 heterocycles. The molecule has 4 N–H and O–H groups in total. The molecule has 0 aliphatic carbocycles. The number of hydrogen-bond acceptors (Lipinski definition) is 3. The van der Waals surface area contributed by atoms with Crippen molar-refractivity contribution in [2.24, 2.45) is 11.8 Å². The van der Waals surface area contributed by atoms with E-state index in [0.29, 0.717) is 12.5 Å². The van der Waals surface area contributed by atoms with Gasteiger partial charge in [0.15, 0.2) is 0 Å². The van der Waals surface area contributed by atoms with Crippen LogP contribution in [0.3, 0.4) is 0 Å². The molecular formula is C13H25N3O4. The van der Waals surface area contributed by atoms with Crippen molar-refractivity contribution in [3.05, 3.63) is 0 Å². The fourth-order valence-corrected chi connectivity index (χ4v) is 1.87. The van der Waals surface area contributed by atoms with Crippen LogP contribution < -0.4 is 16.0 Å². The lowest BCUT2D eigenvalue weighted by Gasteiger charge is -2.18. The average molecular weight is 287 g/mol. The third-order valence-corrected chi connectivity index (χ3v) is 2.60. The number of carboxylic acid groups (broad SMARTS) is 1. The standard InChI is InChI=1S/C13H25N3O4/c1-4-14-11(17)8-16-13(20)15-7-10(5-9(2)3)6-12(18)19/h9-10H,4-8H2,1-3H3,(H,14,17)(H,18,19)(H2,15,16,20)/t10-/m0/s1. The molecule has 1 atom stereocenters. The minimum absolute atomic E-state index is 0.0226. The van der Waals surface area contributed by atoms with E-state index >= 15 is 0 Å². The summed E-state index contributed by atoms with van der Waals surface area (Å²) in [4.78, 5) is 33.4. The normalized spacial score (nSPS) is 11.8. The molecule has 0 aromatic rings. The van der Waals surface area contributed by atoms with Gasteiger partial charge in [-0.05, 0) is 25.2 Å². The molecule has 7 nitrogen and oxygen atoms in total. The van der Waals surface area contributed by atoms with E-state index in [1.54, 1.807) is 6.92 Å². The lowest BCUT2D eigenvalue weighted by Crippen LogP contribution is -2.43. The van der Waals surface area contributed by atoms with Crippen LogP contribution in [0.5, 0.6) is 0 Å². The van der Waals surface area contributed by atoms with Crippen molar-refractivity contribution in [1.82, 2.24) is 16.0 Å². The first-order valence-electron chi connectivity index (χ1n) is 6.85. The Hall–Kier alpha value is -1.79. The molecule has 0 unspecified atom stereocenters. The topological polar surface area (TPSA) is 108 Å². The maximum absolute atomic E-state index is 11.5. The lowest BCUT2D eigenvalue weighted by molar-refractivity contribution is -0.138. The number of aliphatic carboxylic acids is 1.